The van der Waals surface area contributed by atoms with E-state index in [9.17, 15) is 5.11 Å². The van der Waals surface area contributed by atoms with E-state index in [2.05, 4.69) is 18.8 Å². The second kappa shape index (κ2) is 6.16. The van der Waals surface area contributed by atoms with Crippen molar-refractivity contribution in [2.24, 2.45) is 4.99 Å². The van der Waals surface area contributed by atoms with Gasteiger partial charge in [0, 0.05) is 31.3 Å². The third kappa shape index (κ3) is 2.92. The van der Waals surface area contributed by atoms with E-state index in [0.29, 0.717) is 0 Å². The summed E-state index contributed by atoms with van der Waals surface area (Å²) in [5, 5.41) is 10.2. The molecule has 0 aromatic rings. The lowest BCUT2D eigenvalue weighted by Crippen LogP contribution is -2.42. The van der Waals surface area contributed by atoms with E-state index in [-0.39, 0.29) is 0 Å². The molecule has 0 amide bonds. The number of aliphatic hydroxyl groups is 1. The van der Waals surface area contributed by atoms with Gasteiger partial charge in [0.1, 0.15) is 6.23 Å². The molecule has 3 nitrogen and oxygen atoms in total. The lowest BCUT2D eigenvalue weighted by atomic mass is 9.93. The van der Waals surface area contributed by atoms with E-state index in [1.807, 2.05) is 19.0 Å². The van der Waals surface area contributed by atoms with Crippen LogP contribution in [0, 0.1) is 0 Å². The van der Waals surface area contributed by atoms with Crippen molar-refractivity contribution in [1.82, 2.24) is 4.90 Å². The molecule has 1 atom stereocenters. The summed E-state index contributed by atoms with van der Waals surface area (Å²) in [6, 6.07) is 0. The summed E-state index contributed by atoms with van der Waals surface area (Å²) in [6.45, 7) is 5.20. The summed E-state index contributed by atoms with van der Waals surface area (Å²) >= 11 is 0. The van der Waals surface area contributed by atoms with Crippen LogP contribution in [0.2, 0.25) is 0 Å². The molecule has 1 N–H and O–H groups in total. The third-order valence-corrected chi connectivity index (χ3v) is 3.32. The Balaban J connectivity index is 2.93. The molecule has 3 heteroatoms. The summed E-state index contributed by atoms with van der Waals surface area (Å²) in [5.74, 6) is 0. The van der Waals surface area contributed by atoms with Crippen molar-refractivity contribution < 1.29 is 5.11 Å². The summed E-state index contributed by atoms with van der Waals surface area (Å²) in [4.78, 5) is 6.30. The molecule has 16 heavy (non-hydrogen) atoms. The second-order valence-corrected chi connectivity index (χ2v) is 4.57. The number of aliphatic hydroxyl groups excluding tert-OH is 1. The minimum absolute atomic E-state index is 0.468. The van der Waals surface area contributed by atoms with E-state index in [1.165, 1.54) is 18.4 Å². The molecule has 1 aliphatic heterocycles. The van der Waals surface area contributed by atoms with Crippen LogP contribution >= 0.6 is 0 Å². The van der Waals surface area contributed by atoms with E-state index in [4.69, 9.17) is 0 Å². The zero-order valence-corrected chi connectivity index (χ0v) is 11.0. The van der Waals surface area contributed by atoms with Gasteiger partial charge >= 0.3 is 0 Å². The molecule has 1 heterocycles. The molecule has 0 bridgehead atoms. The van der Waals surface area contributed by atoms with E-state index in [1.54, 1.807) is 0 Å². The van der Waals surface area contributed by atoms with E-state index in [0.717, 1.165) is 30.7 Å². The molecular weight excluding hydrogens is 200 g/mol. The van der Waals surface area contributed by atoms with Gasteiger partial charge in [0.2, 0.25) is 0 Å². The zero-order valence-electron chi connectivity index (χ0n) is 11.0. The van der Waals surface area contributed by atoms with Crippen LogP contribution in [0.25, 0.3) is 0 Å². The standard InChI is InChI=1S/C13H24N2O/c1-5-6-7-10(2)12-11(14-3)8-9-15(4)13(12)16/h13,16H,5-9H2,1-4H3/b12-10+,14-11-. The highest BCUT2D eigenvalue weighted by molar-refractivity contribution is 6.02. The summed E-state index contributed by atoms with van der Waals surface area (Å²) in [5.41, 5.74) is 3.44. The number of aliphatic imine (C=N–C) groups is 1. The Morgan fingerprint density at radius 2 is 2.25 bits per heavy atom. The van der Waals surface area contributed by atoms with Crippen molar-refractivity contribution in [3.63, 3.8) is 0 Å². The average Bonchev–Trinajstić information content (AvgIpc) is 2.29. The van der Waals surface area contributed by atoms with Gasteiger partial charge in [-0.25, -0.2) is 0 Å². The van der Waals surface area contributed by atoms with Crippen LogP contribution in [0.4, 0.5) is 0 Å². The fourth-order valence-corrected chi connectivity index (χ4v) is 2.18. The van der Waals surface area contributed by atoms with Crippen molar-refractivity contribution in [2.75, 3.05) is 20.6 Å². The Bertz CT molecular complexity index is 294. The third-order valence-electron chi connectivity index (χ3n) is 3.32. The van der Waals surface area contributed by atoms with Crippen LogP contribution in [-0.2, 0) is 0 Å². The normalized spacial score (nSPS) is 28.6. The number of hydrogen-bond acceptors (Lipinski definition) is 3. The molecule has 1 saturated heterocycles. The Morgan fingerprint density at radius 3 is 2.81 bits per heavy atom. The highest BCUT2D eigenvalue weighted by atomic mass is 16.3. The first-order valence-electron chi connectivity index (χ1n) is 6.15. The van der Waals surface area contributed by atoms with Gasteiger partial charge in [0.25, 0.3) is 0 Å². The maximum atomic E-state index is 10.2. The van der Waals surface area contributed by atoms with Gasteiger partial charge < -0.3 is 5.11 Å². The molecule has 0 aromatic carbocycles. The summed E-state index contributed by atoms with van der Waals surface area (Å²) in [7, 11) is 3.78. The Morgan fingerprint density at radius 1 is 1.56 bits per heavy atom. The number of allylic oxidation sites excluding steroid dienone is 1. The van der Waals surface area contributed by atoms with Gasteiger partial charge in [-0.15, -0.1) is 0 Å². The number of likely N-dealkylation sites (tertiary alicyclic amines) is 1. The molecular formula is C13H24N2O. The lowest BCUT2D eigenvalue weighted by Gasteiger charge is -2.33. The van der Waals surface area contributed by atoms with Crippen molar-refractivity contribution in [1.29, 1.82) is 0 Å². The highest BCUT2D eigenvalue weighted by Gasteiger charge is 2.27. The van der Waals surface area contributed by atoms with Crippen LogP contribution in [-0.4, -0.2) is 42.6 Å². The first kappa shape index (κ1) is 13.4. The number of nitrogens with zero attached hydrogens (tertiary/aromatic N) is 2. The monoisotopic (exact) mass is 224 g/mol. The Labute approximate surface area is 98.9 Å². The summed E-state index contributed by atoms with van der Waals surface area (Å²) < 4.78 is 0. The molecule has 0 saturated carbocycles. The van der Waals surface area contributed by atoms with Crippen LogP contribution < -0.4 is 0 Å². The first-order valence-corrected chi connectivity index (χ1v) is 6.15. The van der Waals surface area contributed by atoms with Crippen LogP contribution in [0.5, 0.6) is 0 Å². The molecule has 0 aromatic heterocycles. The molecule has 0 spiro atoms. The largest absolute Gasteiger partial charge is 0.374 e. The van der Waals surface area contributed by atoms with Crippen LogP contribution in [0.1, 0.15) is 39.5 Å². The predicted molar refractivity (Wildman–Crippen MR) is 68.8 cm³/mol. The van der Waals surface area contributed by atoms with Crippen LogP contribution in [0.15, 0.2) is 16.1 Å². The van der Waals surface area contributed by atoms with E-state index >= 15 is 0 Å². The predicted octanol–water partition coefficient (Wildman–Crippen LogP) is 2.22. The van der Waals surface area contributed by atoms with Crippen molar-refractivity contribution >= 4 is 5.71 Å². The maximum absolute atomic E-state index is 10.2. The zero-order chi connectivity index (χ0) is 12.1. The van der Waals surface area contributed by atoms with Gasteiger partial charge in [0.15, 0.2) is 0 Å². The fraction of sp³-hybridized carbons (Fsp3) is 0.769. The van der Waals surface area contributed by atoms with Crippen LogP contribution in [0.3, 0.4) is 0 Å². The van der Waals surface area contributed by atoms with Crippen molar-refractivity contribution in [2.45, 2.75) is 45.8 Å². The molecule has 1 aliphatic rings. The fourth-order valence-electron chi connectivity index (χ4n) is 2.18. The van der Waals surface area contributed by atoms with Crippen molar-refractivity contribution in [3.8, 4) is 0 Å². The van der Waals surface area contributed by atoms with Gasteiger partial charge in [-0.05, 0) is 26.8 Å². The quantitative estimate of drug-likeness (QED) is 0.798. The number of rotatable bonds is 3. The number of likely N-dealkylation sites (N-methyl/N-ethyl adjacent to an activating group) is 1. The lowest BCUT2D eigenvalue weighted by molar-refractivity contribution is 0.0520. The number of hydrogen-bond donors (Lipinski definition) is 1. The topological polar surface area (TPSA) is 35.8 Å². The minimum atomic E-state index is -0.468. The van der Waals surface area contributed by atoms with Gasteiger partial charge in [-0.1, -0.05) is 18.9 Å². The second-order valence-electron chi connectivity index (χ2n) is 4.57. The van der Waals surface area contributed by atoms with Gasteiger partial charge in [0.05, 0.1) is 0 Å². The van der Waals surface area contributed by atoms with Gasteiger partial charge in [-0.2, -0.15) is 0 Å². The first-order chi connectivity index (χ1) is 7.61. The molecule has 92 valence electrons. The highest BCUT2D eigenvalue weighted by Crippen LogP contribution is 2.24. The minimum Gasteiger partial charge on any atom is -0.374 e. The van der Waals surface area contributed by atoms with Gasteiger partial charge in [-0.3, -0.25) is 9.89 Å². The average molecular weight is 224 g/mol. The maximum Gasteiger partial charge on any atom is 0.135 e. The Kier molecular flexibility index (Phi) is 5.16. The Hall–Kier alpha value is -0.670. The SMILES string of the molecule is CCCC/C(C)=C1\C(=N/C)CCN(C)C1O. The number of unbranched alkanes of at least 4 members (excludes halogenated alkanes) is 1. The van der Waals surface area contributed by atoms with E-state index < -0.39 is 6.23 Å². The molecule has 0 radical (unpaired) electrons. The molecule has 1 unspecified atom stereocenters. The summed E-state index contributed by atoms with van der Waals surface area (Å²) in [6.07, 6.45) is 3.92. The number of piperidine rings is 1. The molecule has 1 fully saturated rings. The molecule has 1 rings (SSSR count). The molecule has 0 aliphatic carbocycles. The smallest absolute Gasteiger partial charge is 0.135 e. The van der Waals surface area contributed by atoms with Crippen molar-refractivity contribution in [3.05, 3.63) is 11.1 Å².